The van der Waals surface area contributed by atoms with E-state index in [1.165, 1.54) is 6.08 Å². The first-order valence-electron chi connectivity index (χ1n) is 2.70. The predicted octanol–water partition coefficient (Wildman–Crippen LogP) is 2.56. The Bertz CT molecular complexity index is 80.4. The summed E-state index contributed by atoms with van der Waals surface area (Å²) in [4.78, 5) is 0. The zero-order chi connectivity index (χ0) is 7.28. The van der Waals surface area contributed by atoms with E-state index in [1.807, 2.05) is 0 Å². The predicted molar refractivity (Wildman–Crippen MR) is 30.3 cm³/mol. The summed E-state index contributed by atoms with van der Waals surface area (Å²) in [5, 5.41) is 0. The van der Waals surface area contributed by atoms with Crippen LogP contribution in [-0.2, 0) is 0 Å². The van der Waals surface area contributed by atoms with Gasteiger partial charge in [0.15, 0.2) is 0 Å². The van der Waals surface area contributed by atoms with Crippen LogP contribution < -0.4 is 0 Å². The van der Waals surface area contributed by atoms with Crippen LogP contribution in [0.15, 0.2) is 12.7 Å². The minimum absolute atomic E-state index is 0.0182. The van der Waals surface area contributed by atoms with Crippen molar-refractivity contribution in [3.63, 3.8) is 0 Å². The van der Waals surface area contributed by atoms with Crippen LogP contribution in [0.5, 0.6) is 0 Å². The van der Waals surface area contributed by atoms with Crippen LogP contribution >= 0.6 is 0 Å². The lowest BCUT2D eigenvalue weighted by Gasteiger charge is -2.01. The van der Waals surface area contributed by atoms with Crippen LogP contribution in [0.25, 0.3) is 0 Å². The first-order chi connectivity index (χ1) is 4.16. The molecule has 0 aliphatic heterocycles. The molecule has 0 saturated heterocycles. The maximum absolute atomic E-state index is 12.1. The van der Waals surface area contributed by atoms with E-state index < -0.39 is 19.0 Å². The Labute approximate surface area is 52.4 Å². The van der Waals surface area contributed by atoms with Crippen molar-refractivity contribution in [1.29, 1.82) is 0 Å². The summed E-state index contributed by atoms with van der Waals surface area (Å²) in [6, 6.07) is 0. The van der Waals surface area contributed by atoms with Crippen molar-refractivity contribution in [3.8, 4) is 0 Å². The van der Waals surface area contributed by atoms with E-state index in [1.54, 1.807) is 0 Å². The highest BCUT2D eigenvalue weighted by Crippen LogP contribution is 2.10. The van der Waals surface area contributed by atoms with E-state index in [0.717, 1.165) is 0 Å². The number of hydrogen-bond acceptors (Lipinski definition) is 0. The van der Waals surface area contributed by atoms with Gasteiger partial charge in [-0.1, -0.05) is 6.08 Å². The minimum Gasteiger partial charge on any atom is -0.247 e. The van der Waals surface area contributed by atoms with Gasteiger partial charge in [-0.25, -0.2) is 13.2 Å². The zero-order valence-corrected chi connectivity index (χ0v) is 4.99. The summed E-state index contributed by atoms with van der Waals surface area (Å²) < 4.78 is 34.8. The molecule has 0 spiro atoms. The van der Waals surface area contributed by atoms with Gasteiger partial charge >= 0.3 is 0 Å². The molecule has 54 valence electrons. The van der Waals surface area contributed by atoms with Crippen LogP contribution in [0.4, 0.5) is 13.2 Å². The van der Waals surface area contributed by atoms with Gasteiger partial charge in [0.05, 0.1) is 0 Å². The summed E-state index contributed by atoms with van der Waals surface area (Å²) in [6.45, 7) is 3.22. The summed E-state index contributed by atoms with van der Waals surface area (Å²) in [5.41, 5.74) is 0. The monoisotopic (exact) mass is 138 g/mol. The van der Waals surface area contributed by atoms with Crippen molar-refractivity contribution < 1.29 is 13.2 Å². The first-order valence-corrected chi connectivity index (χ1v) is 2.70. The van der Waals surface area contributed by atoms with Crippen LogP contribution in [-0.4, -0.2) is 12.6 Å². The normalized spacial score (nSPS) is 13.8. The molecule has 0 aliphatic rings. The van der Waals surface area contributed by atoms with Crippen molar-refractivity contribution in [2.75, 3.05) is 0 Å². The maximum Gasteiger partial charge on any atom is 0.241 e. The summed E-state index contributed by atoms with van der Waals surface area (Å²) >= 11 is 0. The molecule has 0 heterocycles. The lowest BCUT2D eigenvalue weighted by Crippen LogP contribution is -2.04. The lowest BCUT2D eigenvalue weighted by atomic mass is 10.2. The average Bonchev–Trinajstić information content (AvgIpc) is 1.63. The van der Waals surface area contributed by atoms with E-state index in [-0.39, 0.29) is 6.42 Å². The van der Waals surface area contributed by atoms with Gasteiger partial charge in [-0.15, -0.1) is 6.58 Å². The van der Waals surface area contributed by atoms with Gasteiger partial charge in [-0.05, 0) is 6.42 Å². The van der Waals surface area contributed by atoms with Gasteiger partial charge in [-0.3, -0.25) is 0 Å². The molecular formula is C6H9F3. The highest BCUT2D eigenvalue weighted by Gasteiger charge is 2.11. The van der Waals surface area contributed by atoms with Crippen LogP contribution in [0.2, 0.25) is 0 Å². The Balaban J connectivity index is 3.25. The molecule has 0 N–H and O–H groups in total. The van der Waals surface area contributed by atoms with Crippen molar-refractivity contribution >= 4 is 0 Å². The molecule has 0 aromatic carbocycles. The largest absolute Gasteiger partial charge is 0.247 e. The fourth-order valence-corrected chi connectivity index (χ4v) is 0.470. The van der Waals surface area contributed by atoms with Gasteiger partial charge < -0.3 is 0 Å². The Kier molecular flexibility index (Phi) is 4.18. The molecule has 0 rings (SSSR count). The highest BCUT2D eigenvalue weighted by molar-refractivity contribution is 4.72. The van der Waals surface area contributed by atoms with Crippen molar-refractivity contribution in [1.82, 2.24) is 0 Å². The standard InChI is InChI=1S/C6H9F3/c1-2-3-5(7)4-6(8)9/h2,5-6H,1,3-4H2. The van der Waals surface area contributed by atoms with E-state index in [0.29, 0.717) is 0 Å². The molecule has 0 saturated carbocycles. The van der Waals surface area contributed by atoms with E-state index in [2.05, 4.69) is 6.58 Å². The zero-order valence-electron chi connectivity index (χ0n) is 4.99. The molecule has 0 fully saturated rings. The Morgan fingerprint density at radius 2 is 1.89 bits per heavy atom. The maximum atomic E-state index is 12.1. The molecule has 1 atom stereocenters. The van der Waals surface area contributed by atoms with E-state index in [4.69, 9.17) is 0 Å². The topological polar surface area (TPSA) is 0 Å². The smallest absolute Gasteiger partial charge is 0.241 e. The molecule has 0 aromatic heterocycles. The van der Waals surface area contributed by atoms with Crippen molar-refractivity contribution in [3.05, 3.63) is 12.7 Å². The molecule has 0 aromatic rings. The van der Waals surface area contributed by atoms with Gasteiger partial charge in [0.1, 0.15) is 6.17 Å². The fraction of sp³-hybridized carbons (Fsp3) is 0.667. The second-order valence-corrected chi connectivity index (χ2v) is 1.75. The van der Waals surface area contributed by atoms with Gasteiger partial charge in [-0.2, -0.15) is 0 Å². The highest BCUT2D eigenvalue weighted by atomic mass is 19.3. The van der Waals surface area contributed by atoms with E-state index in [9.17, 15) is 13.2 Å². The first kappa shape index (κ1) is 8.53. The molecule has 0 bridgehead atoms. The number of halogens is 3. The van der Waals surface area contributed by atoms with Crippen LogP contribution in [0.3, 0.4) is 0 Å². The SMILES string of the molecule is C=CCC(F)CC(F)F. The molecule has 0 radical (unpaired) electrons. The number of rotatable bonds is 4. The third-order valence-electron chi connectivity index (χ3n) is 0.856. The second kappa shape index (κ2) is 4.41. The van der Waals surface area contributed by atoms with Crippen molar-refractivity contribution in [2.24, 2.45) is 0 Å². The van der Waals surface area contributed by atoms with E-state index >= 15 is 0 Å². The number of allylic oxidation sites excluding steroid dienone is 1. The number of alkyl halides is 3. The Morgan fingerprint density at radius 3 is 2.22 bits per heavy atom. The molecule has 0 nitrogen and oxygen atoms in total. The molecule has 3 heteroatoms. The summed E-state index contributed by atoms with van der Waals surface area (Å²) in [6.07, 6.45) is -3.33. The minimum atomic E-state index is -2.54. The number of hydrogen-bond donors (Lipinski definition) is 0. The second-order valence-electron chi connectivity index (χ2n) is 1.75. The van der Waals surface area contributed by atoms with Gasteiger partial charge in [0.25, 0.3) is 0 Å². The quantitative estimate of drug-likeness (QED) is 0.524. The van der Waals surface area contributed by atoms with Gasteiger partial charge in [0, 0.05) is 6.42 Å². The summed E-state index contributed by atoms with van der Waals surface area (Å²) in [7, 11) is 0. The average molecular weight is 138 g/mol. The summed E-state index contributed by atoms with van der Waals surface area (Å²) in [5.74, 6) is 0. The fourth-order valence-electron chi connectivity index (χ4n) is 0.470. The molecular weight excluding hydrogens is 129 g/mol. The van der Waals surface area contributed by atoms with Gasteiger partial charge in [0.2, 0.25) is 6.43 Å². The van der Waals surface area contributed by atoms with Crippen LogP contribution in [0, 0.1) is 0 Å². The lowest BCUT2D eigenvalue weighted by molar-refractivity contribution is 0.101. The molecule has 0 amide bonds. The third-order valence-corrected chi connectivity index (χ3v) is 0.856. The Morgan fingerprint density at radius 1 is 1.33 bits per heavy atom. The van der Waals surface area contributed by atoms with Crippen molar-refractivity contribution in [2.45, 2.75) is 25.4 Å². The molecule has 9 heavy (non-hydrogen) atoms. The van der Waals surface area contributed by atoms with Crippen LogP contribution in [0.1, 0.15) is 12.8 Å². The molecule has 0 aliphatic carbocycles. The third kappa shape index (κ3) is 5.40. The Hall–Kier alpha value is -0.470. The molecule has 1 unspecified atom stereocenters.